The Balaban J connectivity index is 1.16. The minimum absolute atomic E-state index is 0.104. The molecule has 1 aliphatic carbocycles. The van der Waals surface area contributed by atoms with Crippen LogP contribution in [0, 0.1) is 12.8 Å². The van der Waals surface area contributed by atoms with Gasteiger partial charge in [0.15, 0.2) is 6.61 Å². The summed E-state index contributed by atoms with van der Waals surface area (Å²) in [6.45, 7) is 5.14. The van der Waals surface area contributed by atoms with Gasteiger partial charge in [-0.05, 0) is 63.5 Å². The number of fused-ring (bicyclic) bond motifs is 1. The highest BCUT2D eigenvalue weighted by atomic mass is 32.1. The van der Waals surface area contributed by atoms with Gasteiger partial charge in [-0.2, -0.15) is 0 Å². The third-order valence-electron chi connectivity index (χ3n) is 6.95. The number of pyridine rings is 1. The molecule has 2 aliphatic rings. The van der Waals surface area contributed by atoms with Crippen LogP contribution < -0.4 is 10.1 Å². The fourth-order valence-corrected chi connectivity index (χ4v) is 5.79. The Kier molecular flexibility index (Phi) is 8.70. The molecule has 0 saturated heterocycles. The first-order valence-electron chi connectivity index (χ1n) is 12.7. The highest BCUT2D eigenvalue weighted by Crippen LogP contribution is 2.28. The maximum Gasteiger partial charge on any atom is 0.278 e. The fraction of sp³-hybridized carbons (Fsp3) is 0.654. The van der Waals surface area contributed by atoms with Crippen molar-refractivity contribution in [1.29, 1.82) is 0 Å². The van der Waals surface area contributed by atoms with Crippen LogP contribution in [0.2, 0.25) is 0 Å². The van der Waals surface area contributed by atoms with Gasteiger partial charge in [0, 0.05) is 55.3 Å². The van der Waals surface area contributed by atoms with Crippen LogP contribution in [-0.2, 0) is 24.1 Å². The summed E-state index contributed by atoms with van der Waals surface area (Å²) in [5.41, 5.74) is 2.15. The summed E-state index contributed by atoms with van der Waals surface area (Å²) in [4.78, 5) is 24.6. The molecule has 1 aliphatic heterocycles. The van der Waals surface area contributed by atoms with Crippen LogP contribution in [0.5, 0.6) is 5.88 Å². The van der Waals surface area contributed by atoms with Crippen molar-refractivity contribution >= 4 is 17.2 Å². The second-order valence-corrected chi connectivity index (χ2v) is 11.4. The van der Waals surface area contributed by atoms with Crippen molar-refractivity contribution in [2.75, 3.05) is 26.2 Å². The lowest BCUT2D eigenvalue weighted by Crippen LogP contribution is -2.38. The van der Waals surface area contributed by atoms with Crippen molar-refractivity contribution in [3.8, 4) is 5.88 Å². The first-order valence-corrected chi connectivity index (χ1v) is 13.5. The van der Waals surface area contributed by atoms with Crippen molar-refractivity contribution in [2.45, 2.75) is 77.2 Å². The van der Waals surface area contributed by atoms with Gasteiger partial charge in [0.05, 0.1) is 11.4 Å². The Bertz CT molecular complexity index is 986. The smallest absolute Gasteiger partial charge is 0.278 e. The van der Waals surface area contributed by atoms with Gasteiger partial charge in [0.25, 0.3) is 5.92 Å². The molecule has 2 aromatic heterocycles. The molecule has 35 heavy (non-hydrogen) atoms. The van der Waals surface area contributed by atoms with E-state index in [0.717, 1.165) is 80.7 Å². The van der Waals surface area contributed by atoms with E-state index >= 15 is 0 Å². The van der Waals surface area contributed by atoms with Crippen LogP contribution in [0.3, 0.4) is 0 Å². The van der Waals surface area contributed by atoms with Crippen molar-refractivity contribution in [2.24, 2.45) is 5.92 Å². The maximum absolute atomic E-state index is 13.1. The Hall–Kier alpha value is -2.13. The molecule has 1 fully saturated rings. The predicted octanol–water partition coefficient (Wildman–Crippen LogP) is 4.59. The summed E-state index contributed by atoms with van der Waals surface area (Å²) in [5, 5.41) is 4.21. The standard InChI is InChI=1S/C26H36F2N4O2S/c1-18-29-16-22(35-18)15-24(33)30-21-6-3-19(4-7-21)9-12-32-13-10-20-5-8-25(31-23(20)11-14-32)34-17-26(2,27)28/h5,8,16,19,21H,3-4,6-7,9-15,17H2,1-2H3,(H,30,33). The Labute approximate surface area is 210 Å². The lowest BCUT2D eigenvalue weighted by atomic mass is 9.84. The zero-order valence-corrected chi connectivity index (χ0v) is 21.5. The Morgan fingerprint density at radius 1 is 1.23 bits per heavy atom. The van der Waals surface area contributed by atoms with Gasteiger partial charge in [0.1, 0.15) is 0 Å². The molecule has 4 rings (SSSR count). The molecule has 6 nitrogen and oxygen atoms in total. The molecular formula is C26H36F2N4O2S. The highest BCUT2D eigenvalue weighted by molar-refractivity contribution is 7.11. The van der Waals surface area contributed by atoms with Gasteiger partial charge < -0.3 is 15.0 Å². The van der Waals surface area contributed by atoms with Gasteiger partial charge >= 0.3 is 0 Å². The Morgan fingerprint density at radius 2 is 2.00 bits per heavy atom. The number of carbonyl (C=O) groups is 1. The normalized spacial score (nSPS) is 21.3. The van der Waals surface area contributed by atoms with E-state index in [4.69, 9.17) is 4.74 Å². The molecule has 1 N–H and O–H groups in total. The molecule has 1 saturated carbocycles. The van der Waals surface area contributed by atoms with E-state index in [0.29, 0.717) is 12.3 Å². The second kappa shape index (κ2) is 11.7. The van der Waals surface area contributed by atoms with Gasteiger partial charge in [-0.1, -0.05) is 6.07 Å². The molecule has 0 unspecified atom stereocenters. The van der Waals surface area contributed by atoms with Crippen molar-refractivity contribution in [1.82, 2.24) is 20.2 Å². The van der Waals surface area contributed by atoms with E-state index in [-0.39, 0.29) is 17.8 Å². The molecule has 192 valence electrons. The largest absolute Gasteiger partial charge is 0.471 e. The second-order valence-electron chi connectivity index (χ2n) is 10.1. The average Bonchev–Trinajstić information content (AvgIpc) is 3.10. The number of aryl methyl sites for hydroxylation is 1. The fourth-order valence-electron chi connectivity index (χ4n) is 5.00. The predicted molar refractivity (Wildman–Crippen MR) is 133 cm³/mol. The first-order chi connectivity index (χ1) is 16.7. The number of hydrogen-bond donors (Lipinski definition) is 1. The van der Waals surface area contributed by atoms with Crippen molar-refractivity contribution in [3.63, 3.8) is 0 Å². The molecule has 0 atom stereocenters. The number of hydrogen-bond acceptors (Lipinski definition) is 6. The van der Waals surface area contributed by atoms with Crippen molar-refractivity contribution < 1.29 is 18.3 Å². The van der Waals surface area contributed by atoms with Crippen LogP contribution >= 0.6 is 11.3 Å². The van der Waals surface area contributed by atoms with E-state index in [1.54, 1.807) is 23.6 Å². The van der Waals surface area contributed by atoms with Crippen LogP contribution in [0.15, 0.2) is 18.3 Å². The molecule has 0 bridgehead atoms. The number of amides is 1. The molecule has 0 radical (unpaired) electrons. The number of halogens is 2. The summed E-state index contributed by atoms with van der Waals surface area (Å²) in [5.74, 6) is -1.78. The van der Waals surface area contributed by atoms with Crippen molar-refractivity contribution in [3.05, 3.63) is 39.5 Å². The first kappa shape index (κ1) is 25.9. The van der Waals surface area contributed by atoms with Crippen LogP contribution in [0.1, 0.15) is 60.2 Å². The molecule has 3 heterocycles. The van der Waals surface area contributed by atoms with Crippen LogP contribution in [-0.4, -0.2) is 59.0 Å². The number of aromatic nitrogens is 2. The molecule has 9 heteroatoms. The number of rotatable bonds is 9. The van der Waals surface area contributed by atoms with Gasteiger partial charge in [-0.3, -0.25) is 4.79 Å². The van der Waals surface area contributed by atoms with Crippen LogP contribution in [0.25, 0.3) is 0 Å². The quantitative estimate of drug-likeness (QED) is 0.539. The van der Waals surface area contributed by atoms with Gasteiger partial charge in [0.2, 0.25) is 11.8 Å². The SMILES string of the molecule is Cc1ncc(CC(=O)NC2CCC(CCN3CCc4ccc(OCC(C)(F)F)nc4CC3)CC2)s1. The minimum Gasteiger partial charge on any atom is -0.471 e. The average molecular weight is 507 g/mol. The Morgan fingerprint density at radius 3 is 2.71 bits per heavy atom. The number of nitrogens with zero attached hydrogens (tertiary/aromatic N) is 3. The lowest BCUT2D eigenvalue weighted by molar-refractivity contribution is -0.121. The maximum atomic E-state index is 13.1. The van der Waals surface area contributed by atoms with E-state index < -0.39 is 12.5 Å². The monoisotopic (exact) mass is 506 g/mol. The summed E-state index contributed by atoms with van der Waals surface area (Å²) < 4.78 is 31.4. The number of nitrogens with one attached hydrogen (secondary N) is 1. The number of thiazole rings is 1. The van der Waals surface area contributed by atoms with E-state index in [2.05, 4.69) is 20.2 Å². The summed E-state index contributed by atoms with van der Waals surface area (Å²) in [7, 11) is 0. The number of ether oxygens (including phenoxy) is 1. The minimum atomic E-state index is -2.86. The number of carbonyl (C=O) groups excluding carboxylic acids is 1. The van der Waals surface area contributed by atoms with Gasteiger partial charge in [-0.15, -0.1) is 11.3 Å². The molecule has 0 spiro atoms. The van der Waals surface area contributed by atoms with E-state index in [1.165, 1.54) is 12.0 Å². The molecule has 0 aromatic carbocycles. The van der Waals surface area contributed by atoms with E-state index in [1.807, 2.05) is 13.0 Å². The third kappa shape index (κ3) is 8.20. The molecular weight excluding hydrogens is 470 g/mol. The lowest BCUT2D eigenvalue weighted by Gasteiger charge is -2.30. The summed E-state index contributed by atoms with van der Waals surface area (Å²) in [6.07, 6.45) is 9.54. The molecule has 1 amide bonds. The van der Waals surface area contributed by atoms with E-state index in [9.17, 15) is 13.6 Å². The summed E-state index contributed by atoms with van der Waals surface area (Å²) in [6, 6.07) is 3.96. The third-order valence-corrected chi connectivity index (χ3v) is 7.86. The zero-order valence-electron chi connectivity index (χ0n) is 20.7. The highest BCUT2D eigenvalue weighted by Gasteiger charge is 2.25. The number of alkyl halides is 2. The summed E-state index contributed by atoms with van der Waals surface area (Å²) >= 11 is 1.59. The topological polar surface area (TPSA) is 67.4 Å². The van der Waals surface area contributed by atoms with Crippen LogP contribution in [0.4, 0.5) is 8.78 Å². The van der Waals surface area contributed by atoms with Gasteiger partial charge in [-0.25, -0.2) is 18.7 Å². The zero-order chi connectivity index (χ0) is 24.8. The molecule has 2 aromatic rings.